The van der Waals surface area contributed by atoms with Gasteiger partial charge < -0.3 is 9.47 Å². The molecule has 0 heterocycles. The molecule has 0 saturated carbocycles. The third-order valence-corrected chi connectivity index (χ3v) is 5.28. The molecule has 0 fully saturated rings. The van der Waals surface area contributed by atoms with Gasteiger partial charge in [0.25, 0.3) is 0 Å². The molecular weight excluding hydrogens is 334 g/mol. The maximum absolute atomic E-state index is 5.72. The van der Waals surface area contributed by atoms with E-state index in [1.165, 1.54) is 16.7 Å². The molecule has 2 aromatic rings. The molecule has 0 bridgehead atoms. The fourth-order valence-electron chi connectivity index (χ4n) is 3.95. The fourth-order valence-corrected chi connectivity index (χ4v) is 3.95. The van der Waals surface area contributed by atoms with E-state index in [4.69, 9.17) is 9.47 Å². The Bertz CT molecular complexity index is 716. The van der Waals surface area contributed by atoms with Crippen molar-refractivity contribution in [2.45, 2.75) is 59.0 Å². The molecule has 0 amide bonds. The Morgan fingerprint density at radius 1 is 0.815 bits per heavy atom. The van der Waals surface area contributed by atoms with Crippen LogP contribution in [0.4, 0.5) is 0 Å². The van der Waals surface area contributed by atoms with Gasteiger partial charge in [-0.15, -0.1) is 0 Å². The van der Waals surface area contributed by atoms with Gasteiger partial charge in [0, 0.05) is 29.1 Å². The summed E-state index contributed by atoms with van der Waals surface area (Å²) in [6.07, 6.45) is 1.01. The average molecular weight is 370 g/mol. The van der Waals surface area contributed by atoms with Crippen molar-refractivity contribution in [1.29, 1.82) is 0 Å². The van der Waals surface area contributed by atoms with E-state index in [1.54, 1.807) is 14.2 Å². The largest absolute Gasteiger partial charge is 0.496 e. The minimum absolute atomic E-state index is 0.219. The van der Waals surface area contributed by atoms with E-state index < -0.39 is 0 Å². The first kappa shape index (κ1) is 21.3. The standard InChI is InChI=1S/C24H35NO2/c1-17(2)25(18(3)4)15-14-20(21-10-8-9-11-23(21)26-6)22-16-19(5)12-13-24(22)27-7/h8-13,16-18,20H,14-15H2,1-7H3. The van der Waals surface area contributed by atoms with Gasteiger partial charge in [-0.2, -0.15) is 0 Å². The average Bonchev–Trinajstić information content (AvgIpc) is 2.64. The molecule has 1 unspecified atom stereocenters. The van der Waals surface area contributed by atoms with Crippen LogP contribution in [0.15, 0.2) is 42.5 Å². The molecular formula is C24H35NO2. The summed E-state index contributed by atoms with van der Waals surface area (Å²) in [4.78, 5) is 2.55. The summed E-state index contributed by atoms with van der Waals surface area (Å²) < 4.78 is 11.4. The topological polar surface area (TPSA) is 21.7 Å². The van der Waals surface area contributed by atoms with Gasteiger partial charge in [0.2, 0.25) is 0 Å². The van der Waals surface area contributed by atoms with Crippen molar-refractivity contribution in [3.63, 3.8) is 0 Å². The van der Waals surface area contributed by atoms with Gasteiger partial charge >= 0.3 is 0 Å². The Morgan fingerprint density at radius 2 is 1.41 bits per heavy atom. The molecule has 0 radical (unpaired) electrons. The summed E-state index contributed by atoms with van der Waals surface area (Å²) in [5, 5.41) is 0. The van der Waals surface area contributed by atoms with E-state index in [0.29, 0.717) is 12.1 Å². The van der Waals surface area contributed by atoms with Crippen LogP contribution in [0.1, 0.15) is 56.7 Å². The first-order chi connectivity index (χ1) is 12.9. The zero-order valence-corrected chi connectivity index (χ0v) is 18.0. The van der Waals surface area contributed by atoms with Crippen LogP contribution < -0.4 is 9.47 Å². The van der Waals surface area contributed by atoms with Crippen LogP contribution in [-0.4, -0.2) is 37.7 Å². The molecule has 2 rings (SSSR count). The van der Waals surface area contributed by atoms with Crippen LogP contribution in [0, 0.1) is 6.92 Å². The molecule has 0 saturated heterocycles. The summed E-state index contributed by atoms with van der Waals surface area (Å²) in [6, 6.07) is 15.8. The lowest BCUT2D eigenvalue weighted by Gasteiger charge is -2.32. The van der Waals surface area contributed by atoms with Crippen molar-refractivity contribution in [1.82, 2.24) is 4.90 Å². The van der Waals surface area contributed by atoms with Crippen LogP contribution >= 0.6 is 0 Å². The minimum Gasteiger partial charge on any atom is -0.496 e. The van der Waals surface area contributed by atoms with Crippen LogP contribution in [0.5, 0.6) is 11.5 Å². The molecule has 1 atom stereocenters. The van der Waals surface area contributed by atoms with Crippen molar-refractivity contribution >= 4 is 0 Å². The number of methoxy groups -OCH3 is 2. The van der Waals surface area contributed by atoms with E-state index in [0.717, 1.165) is 24.5 Å². The number of aryl methyl sites for hydroxylation is 1. The van der Waals surface area contributed by atoms with E-state index >= 15 is 0 Å². The first-order valence-corrected chi connectivity index (χ1v) is 9.92. The summed E-state index contributed by atoms with van der Waals surface area (Å²) in [5.41, 5.74) is 3.70. The number of ether oxygens (including phenoxy) is 2. The molecule has 0 aliphatic heterocycles. The highest BCUT2D eigenvalue weighted by Crippen LogP contribution is 2.39. The first-order valence-electron chi connectivity index (χ1n) is 9.92. The Morgan fingerprint density at radius 3 is 2.00 bits per heavy atom. The smallest absolute Gasteiger partial charge is 0.122 e. The maximum atomic E-state index is 5.72. The monoisotopic (exact) mass is 369 g/mol. The molecule has 2 aromatic carbocycles. The number of nitrogens with zero attached hydrogens (tertiary/aromatic N) is 1. The van der Waals surface area contributed by atoms with Crippen molar-refractivity contribution < 1.29 is 9.47 Å². The Balaban J connectivity index is 2.48. The lowest BCUT2D eigenvalue weighted by Crippen LogP contribution is -2.38. The predicted octanol–water partition coefficient (Wildman–Crippen LogP) is 5.65. The summed E-state index contributed by atoms with van der Waals surface area (Å²) in [5.74, 6) is 2.10. The third-order valence-electron chi connectivity index (χ3n) is 5.28. The van der Waals surface area contributed by atoms with Gasteiger partial charge in [0.1, 0.15) is 11.5 Å². The zero-order chi connectivity index (χ0) is 20.0. The second-order valence-electron chi connectivity index (χ2n) is 7.75. The quantitative estimate of drug-likeness (QED) is 0.570. The van der Waals surface area contributed by atoms with Gasteiger partial charge in [-0.1, -0.05) is 35.9 Å². The van der Waals surface area contributed by atoms with Crippen LogP contribution in [-0.2, 0) is 0 Å². The summed E-state index contributed by atoms with van der Waals surface area (Å²) in [7, 11) is 3.50. The van der Waals surface area contributed by atoms with Crippen LogP contribution in [0.3, 0.4) is 0 Å². The number of benzene rings is 2. The third kappa shape index (κ3) is 5.26. The predicted molar refractivity (Wildman–Crippen MR) is 114 cm³/mol. The molecule has 0 aromatic heterocycles. The van der Waals surface area contributed by atoms with Gasteiger partial charge in [0.05, 0.1) is 14.2 Å². The SMILES string of the molecule is COc1ccccc1C(CCN(C(C)C)C(C)C)c1cc(C)ccc1OC. The normalized spacial score (nSPS) is 12.7. The van der Waals surface area contributed by atoms with Crippen molar-refractivity contribution in [2.24, 2.45) is 0 Å². The van der Waals surface area contributed by atoms with E-state index in [1.807, 2.05) is 12.1 Å². The van der Waals surface area contributed by atoms with E-state index in [-0.39, 0.29) is 5.92 Å². The second-order valence-corrected chi connectivity index (χ2v) is 7.75. The van der Waals surface area contributed by atoms with Gasteiger partial charge in [-0.3, -0.25) is 4.90 Å². The van der Waals surface area contributed by atoms with Crippen molar-refractivity contribution in [3.8, 4) is 11.5 Å². The van der Waals surface area contributed by atoms with Gasteiger partial charge in [-0.25, -0.2) is 0 Å². The summed E-state index contributed by atoms with van der Waals surface area (Å²) in [6.45, 7) is 12.2. The lowest BCUT2D eigenvalue weighted by atomic mass is 9.86. The van der Waals surface area contributed by atoms with Crippen molar-refractivity contribution in [2.75, 3.05) is 20.8 Å². The van der Waals surface area contributed by atoms with Gasteiger partial charge in [-0.05, 0) is 59.7 Å². The number of hydrogen-bond acceptors (Lipinski definition) is 3. The summed E-state index contributed by atoms with van der Waals surface area (Å²) >= 11 is 0. The zero-order valence-electron chi connectivity index (χ0n) is 18.0. The number of hydrogen-bond donors (Lipinski definition) is 0. The Labute approximate surface area is 165 Å². The number of rotatable bonds is 9. The molecule has 0 aliphatic carbocycles. The highest BCUT2D eigenvalue weighted by Gasteiger charge is 2.24. The molecule has 0 aliphatic rings. The van der Waals surface area contributed by atoms with Crippen LogP contribution in [0.2, 0.25) is 0 Å². The Hall–Kier alpha value is -2.00. The molecule has 0 N–H and O–H groups in total. The minimum atomic E-state index is 0.219. The van der Waals surface area contributed by atoms with Gasteiger partial charge in [0.15, 0.2) is 0 Å². The van der Waals surface area contributed by atoms with E-state index in [2.05, 4.69) is 69.9 Å². The highest BCUT2D eigenvalue weighted by molar-refractivity contribution is 5.48. The maximum Gasteiger partial charge on any atom is 0.122 e. The second kappa shape index (κ2) is 9.80. The lowest BCUT2D eigenvalue weighted by molar-refractivity contribution is 0.170. The molecule has 148 valence electrons. The highest BCUT2D eigenvalue weighted by atomic mass is 16.5. The molecule has 3 nitrogen and oxygen atoms in total. The molecule has 0 spiro atoms. The molecule has 3 heteroatoms. The van der Waals surface area contributed by atoms with Crippen LogP contribution in [0.25, 0.3) is 0 Å². The number of para-hydroxylation sites is 1. The molecule has 27 heavy (non-hydrogen) atoms. The van der Waals surface area contributed by atoms with Crippen molar-refractivity contribution in [3.05, 3.63) is 59.2 Å². The fraction of sp³-hybridized carbons (Fsp3) is 0.500. The Kier molecular flexibility index (Phi) is 7.73. The van der Waals surface area contributed by atoms with E-state index in [9.17, 15) is 0 Å².